The average Bonchev–Trinajstić information content (AvgIpc) is 3.10. The summed E-state index contributed by atoms with van der Waals surface area (Å²) >= 11 is 0. The third-order valence-electron chi connectivity index (χ3n) is 3.90. The van der Waals surface area contributed by atoms with Crippen LogP contribution >= 0.6 is 0 Å². The molecule has 106 valence electrons. The van der Waals surface area contributed by atoms with Crippen molar-refractivity contribution in [1.82, 2.24) is 20.1 Å². The fraction of sp³-hybridized carbons (Fsp3) is 0.467. The van der Waals surface area contributed by atoms with Crippen molar-refractivity contribution in [3.05, 3.63) is 42.5 Å². The molecule has 1 saturated heterocycles. The van der Waals surface area contributed by atoms with Gasteiger partial charge in [-0.25, -0.2) is 4.98 Å². The first-order valence-electron chi connectivity index (χ1n) is 7.19. The second-order valence-electron chi connectivity index (χ2n) is 5.27. The molecule has 0 spiro atoms. The lowest BCUT2D eigenvalue weighted by molar-refractivity contribution is 0.541. The van der Waals surface area contributed by atoms with E-state index < -0.39 is 0 Å². The standard InChI is InChI=1S/C15H21N5/c1-19-15(17-12-18-19)7-9-16-13-8-10-20(11-13)14-5-3-2-4-6-14/h2-6,12-13,16H,7-11H2,1H3. The zero-order valence-electron chi connectivity index (χ0n) is 11.9. The number of hydrogen-bond acceptors (Lipinski definition) is 4. The van der Waals surface area contributed by atoms with Crippen molar-refractivity contribution in [3.63, 3.8) is 0 Å². The molecule has 0 aliphatic carbocycles. The largest absolute Gasteiger partial charge is 0.370 e. The molecule has 0 radical (unpaired) electrons. The molecule has 2 heterocycles. The molecule has 1 aromatic heterocycles. The van der Waals surface area contributed by atoms with E-state index >= 15 is 0 Å². The van der Waals surface area contributed by atoms with Crippen LogP contribution in [-0.4, -0.2) is 40.4 Å². The lowest BCUT2D eigenvalue weighted by Crippen LogP contribution is -2.34. The van der Waals surface area contributed by atoms with Crippen molar-refractivity contribution in [2.24, 2.45) is 7.05 Å². The molecule has 1 aliphatic rings. The molecule has 20 heavy (non-hydrogen) atoms. The van der Waals surface area contributed by atoms with E-state index in [1.54, 1.807) is 6.33 Å². The minimum absolute atomic E-state index is 0.573. The van der Waals surface area contributed by atoms with Crippen molar-refractivity contribution < 1.29 is 0 Å². The molecule has 3 rings (SSSR count). The summed E-state index contributed by atoms with van der Waals surface area (Å²) in [4.78, 5) is 6.69. The molecule has 2 aromatic rings. The molecule has 5 heteroatoms. The molecule has 1 aromatic carbocycles. The van der Waals surface area contributed by atoms with Gasteiger partial charge in [-0.15, -0.1) is 0 Å². The van der Waals surface area contributed by atoms with E-state index in [2.05, 4.69) is 50.6 Å². The number of rotatable bonds is 5. The van der Waals surface area contributed by atoms with Crippen molar-refractivity contribution in [3.8, 4) is 0 Å². The molecular weight excluding hydrogens is 250 g/mol. The third-order valence-corrected chi connectivity index (χ3v) is 3.90. The van der Waals surface area contributed by atoms with Crippen LogP contribution in [0.4, 0.5) is 5.69 Å². The van der Waals surface area contributed by atoms with Gasteiger partial charge >= 0.3 is 0 Å². The summed E-state index contributed by atoms with van der Waals surface area (Å²) in [5.41, 5.74) is 1.32. The second kappa shape index (κ2) is 6.05. The average molecular weight is 271 g/mol. The molecule has 1 aliphatic heterocycles. The van der Waals surface area contributed by atoms with Gasteiger partial charge in [-0.05, 0) is 18.6 Å². The summed E-state index contributed by atoms with van der Waals surface area (Å²) in [5, 5.41) is 7.71. The smallest absolute Gasteiger partial charge is 0.138 e. The highest BCUT2D eigenvalue weighted by Crippen LogP contribution is 2.19. The molecule has 0 saturated carbocycles. The van der Waals surface area contributed by atoms with Gasteiger partial charge in [-0.2, -0.15) is 5.10 Å². The zero-order chi connectivity index (χ0) is 13.8. The number of nitrogens with zero attached hydrogens (tertiary/aromatic N) is 4. The summed E-state index contributed by atoms with van der Waals surface area (Å²) in [6.45, 7) is 3.17. The highest BCUT2D eigenvalue weighted by atomic mass is 15.3. The maximum Gasteiger partial charge on any atom is 0.138 e. The van der Waals surface area contributed by atoms with Crippen LogP contribution in [0.1, 0.15) is 12.2 Å². The van der Waals surface area contributed by atoms with Gasteiger partial charge in [0.05, 0.1) is 0 Å². The highest BCUT2D eigenvalue weighted by Gasteiger charge is 2.21. The fourth-order valence-electron chi connectivity index (χ4n) is 2.73. The van der Waals surface area contributed by atoms with E-state index in [-0.39, 0.29) is 0 Å². The molecule has 0 bridgehead atoms. The SMILES string of the molecule is Cn1ncnc1CCNC1CCN(c2ccccc2)C1. The topological polar surface area (TPSA) is 46.0 Å². The Kier molecular flexibility index (Phi) is 3.97. The Bertz CT molecular complexity index is 536. The Morgan fingerprint density at radius 3 is 2.90 bits per heavy atom. The number of nitrogens with one attached hydrogen (secondary N) is 1. The predicted octanol–water partition coefficient (Wildman–Crippen LogP) is 1.23. The van der Waals surface area contributed by atoms with Gasteiger partial charge < -0.3 is 10.2 Å². The summed E-state index contributed by atoms with van der Waals surface area (Å²) in [6.07, 6.45) is 3.74. The van der Waals surface area contributed by atoms with E-state index in [1.165, 1.54) is 12.1 Å². The van der Waals surface area contributed by atoms with Gasteiger partial charge in [-0.1, -0.05) is 18.2 Å². The van der Waals surface area contributed by atoms with Crippen LogP contribution < -0.4 is 10.2 Å². The molecule has 0 amide bonds. The monoisotopic (exact) mass is 271 g/mol. The Labute approximate surface area is 119 Å². The Morgan fingerprint density at radius 1 is 1.30 bits per heavy atom. The van der Waals surface area contributed by atoms with Gasteiger partial charge in [0, 0.05) is 44.8 Å². The van der Waals surface area contributed by atoms with Crippen molar-refractivity contribution in [1.29, 1.82) is 0 Å². The number of aryl methyl sites for hydroxylation is 1. The van der Waals surface area contributed by atoms with Crippen molar-refractivity contribution in [2.75, 3.05) is 24.5 Å². The molecule has 1 N–H and O–H groups in total. The van der Waals surface area contributed by atoms with Gasteiger partial charge in [0.1, 0.15) is 12.2 Å². The van der Waals surface area contributed by atoms with Crippen LogP contribution in [0.5, 0.6) is 0 Å². The number of benzene rings is 1. The minimum Gasteiger partial charge on any atom is -0.370 e. The van der Waals surface area contributed by atoms with E-state index in [0.29, 0.717) is 6.04 Å². The quantitative estimate of drug-likeness (QED) is 0.888. The van der Waals surface area contributed by atoms with Crippen molar-refractivity contribution >= 4 is 5.69 Å². The highest BCUT2D eigenvalue weighted by molar-refractivity contribution is 5.47. The van der Waals surface area contributed by atoms with Crippen LogP contribution in [0.15, 0.2) is 36.7 Å². The summed E-state index contributed by atoms with van der Waals surface area (Å²) in [5.74, 6) is 1.04. The molecular formula is C15H21N5. The second-order valence-corrected chi connectivity index (χ2v) is 5.27. The predicted molar refractivity (Wildman–Crippen MR) is 79.8 cm³/mol. The van der Waals surface area contributed by atoms with Crippen LogP contribution in [0.3, 0.4) is 0 Å². The maximum atomic E-state index is 4.24. The first kappa shape index (κ1) is 13.1. The number of para-hydroxylation sites is 1. The van der Waals surface area contributed by atoms with Crippen LogP contribution in [0.25, 0.3) is 0 Å². The normalized spacial score (nSPS) is 18.6. The van der Waals surface area contributed by atoms with Gasteiger partial charge in [0.25, 0.3) is 0 Å². The van der Waals surface area contributed by atoms with Gasteiger partial charge in [0.15, 0.2) is 0 Å². The van der Waals surface area contributed by atoms with Crippen LogP contribution in [0.2, 0.25) is 0 Å². The molecule has 1 fully saturated rings. The van der Waals surface area contributed by atoms with Crippen LogP contribution in [0, 0.1) is 0 Å². The van der Waals surface area contributed by atoms with E-state index in [1.807, 2.05) is 11.7 Å². The Balaban J connectivity index is 1.45. The lowest BCUT2D eigenvalue weighted by Gasteiger charge is -2.18. The fourth-order valence-corrected chi connectivity index (χ4v) is 2.73. The first-order chi connectivity index (χ1) is 9.83. The first-order valence-corrected chi connectivity index (χ1v) is 7.19. The van der Waals surface area contributed by atoms with Crippen LogP contribution in [-0.2, 0) is 13.5 Å². The summed E-state index contributed by atoms with van der Waals surface area (Å²) in [6, 6.07) is 11.2. The minimum atomic E-state index is 0.573. The maximum absolute atomic E-state index is 4.24. The third kappa shape index (κ3) is 2.99. The number of aromatic nitrogens is 3. The lowest BCUT2D eigenvalue weighted by atomic mass is 10.2. The van der Waals surface area contributed by atoms with Gasteiger partial charge in [-0.3, -0.25) is 4.68 Å². The van der Waals surface area contributed by atoms with E-state index in [0.717, 1.165) is 31.9 Å². The Morgan fingerprint density at radius 2 is 2.15 bits per heavy atom. The van der Waals surface area contributed by atoms with Gasteiger partial charge in [0.2, 0.25) is 0 Å². The Hall–Kier alpha value is -1.88. The van der Waals surface area contributed by atoms with E-state index in [9.17, 15) is 0 Å². The van der Waals surface area contributed by atoms with E-state index in [4.69, 9.17) is 0 Å². The molecule has 1 unspecified atom stereocenters. The number of anilines is 1. The van der Waals surface area contributed by atoms with Crippen molar-refractivity contribution in [2.45, 2.75) is 18.9 Å². The molecule has 5 nitrogen and oxygen atoms in total. The molecule has 1 atom stereocenters. The summed E-state index contributed by atoms with van der Waals surface area (Å²) in [7, 11) is 1.94. The number of hydrogen-bond donors (Lipinski definition) is 1. The zero-order valence-corrected chi connectivity index (χ0v) is 11.9. The summed E-state index contributed by atoms with van der Waals surface area (Å²) < 4.78 is 1.84.